The number of carbonyl (C=O) groups is 1. The summed E-state index contributed by atoms with van der Waals surface area (Å²) in [6.07, 6.45) is 4.85. The summed E-state index contributed by atoms with van der Waals surface area (Å²) >= 11 is 0. The molecule has 0 aromatic heterocycles. The van der Waals surface area contributed by atoms with Crippen molar-refractivity contribution < 1.29 is 9.90 Å². The molecule has 1 rings (SSSR count). The predicted molar refractivity (Wildman–Crippen MR) is 74.3 cm³/mol. The van der Waals surface area contributed by atoms with Crippen LogP contribution in [-0.4, -0.2) is 35.1 Å². The van der Waals surface area contributed by atoms with Gasteiger partial charge in [0, 0.05) is 25.6 Å². The molecule has 1 aliphatic carbocycles. The molecule has 1 N–H and O–H groups in total. The molecule has 106 valence electrons. The van der Waals surface area contributed by atoms with Gasteiger partial charge in [-0.15, -0.1) is 0 Å². The fraction of sp³-hybridized carbons (Fsp3) is 0.933. The maximum absolute atomic E-state index is 12.4. The SMILES string of the molecule is CC(CC(=O)N(CCCO)C1CCC1)C(C)(C)C. The van der Waals surface area contributed by atoms with Crippen LogP contribution in [0.5, 0.6) is 0 Å². The van der Waals surface area contributed by atoms with Crippen LogP contribution in [0, 0.1) is 11.3 Å². The van der Waals surface area contributed by atoms with Crippen molar-refractivity contribution in [3.8, 4) is 0 Å². The van der Waals surface area contributed by atoms with Crippen LogP contribution >= 0.6 is 0 Å². The molecule has 0 aliphatic heterocycles. The quantitative estimate of drug-likeness (QED) is 0.793. The largest absolute Gasteiger partial charge is 0.396 e. The Balaban J connectivity index is 2.53. The zero-order valence-electron chi connectivity index (χ0n) is 12.4. The Morgan fingerprint density at radius 1 is 1.39 bits per heavy atom. The average molecular weight is 255 g/mol. The molecule has 0 aromatic rings. The number of carbonyl (C=O) groups excluding carboxylic acids is 1. The van der Waals surface area contributed by atoms with Gasteiger partial charge in [-0.2, -0.15) is 0 Å². The van der Waals surface area contributed by atoms with Gasteiger partial charge >= 0.3 is 0 Å². The van der Waals surface area contributed by atoms with Gasteiger partial charge in [0.2, 0.25) is 5.91 Å². The van der Waals surface area contributed by atoms with Crippen LogP contribution in [0.1, 0.15) is 59.8 Å². The average Bonchev–Trinajstić information content (AvgIpc) is 2.19. The van der Waals surface area contributed by atoms with Gasteiger partial charge in [0.15, 0.2) is 0 Å². The van der Waals surface area contributed by atoms with Gasteiger partial charge < -0.3 is 10.0 Å². The third-order valence-corrected chi connectivity index (χ3v) is 4.35. The van der Waals surface area contributed by atoms with Gasteiger partial charge in [0.25, 0.3) is 0 Å². The van der Waals surface area contributed by atoms with Crippen molar-refractivity contribution in [3.05, 3.63) is 0 Å². The van der Waals surface area contributed by atoms with Crippen LogP contribution in [0.3, 0.4) is 0 Å². The van der Waals surface area contributed by atoms with Crippen molar-refractivity contribution in [2.45, 2.75) is 65.8 Å². The Labute approximate surface area is 112 Å². The van der Waals surface area contributed by atoms with E-state index in [1.165, 1.54) is 6.42 Å². The molecule has 1 saturated carbocycles. The number of hydrogen-bond donors (Lipinski definition) is 1. The first-order valence-corrected chi connectivity index (χ1v) is 7.26. The van der Waals surface area contributed by atoms with Crippen LogP contribution in [0.25, 0.3) is 0 Å². The monoisotopic (exact) mass is 255 g/mol. The zero-order valence-corrected chi connectivity index (χ0v) is 12.4. The second kappa shape index (κ2) is 6.55. The van der Waals surface area contributed by atoms with E-state index in [2.05, 4.69) is 27.7 Å². The summed E-state index contributed by atoms with van der Waals surface area (Å²) in [6.45, 7) is 9.61. The Morgan fingerprint density at radius 2 is 2.00 bits per heavy atom. The van der Waals surface area contributed by atoms with Crippen LogP contribution in [0.4, 0.5) is 0 Å². The lowest BCUT2D eigenvalue weighted by atomic mass is 9.79. The summed E-state index contributed by atoms with van der Waals surface area (Å²) in [4.78, 5) is 14.4. The molecule has 1 aliphatic rings. The molecule has 0 bridgehead atoms. The fourth-order valence-corrected chi connectivity index (χ4v) is 2.14. The lowest BCUT2D eigenvalue weighted by molar-refractivity contribution is -0.137. The van der Waals surface area contributed by atoms with Gasteiger partial charge in [-0.05, 0) is 37.0 Å². The highest BCUT2D eigenvalue weighted by atomic mass is 16.3. The van der Waals surface area contributed by atoms with Gasteiger partial charge in [-0.25, -0.2) is 0 Å². The van der Waals surface area contributed by atoms with Crippen molar-refractivity contribution >= 4 is 5.91 Å². The van der Waals surface area contributed by atoms with Crippen molar-refractivity contribution in [2.24, 2.45) is 11.3 Å². The van der Waals surface area contributed by atoms with Gasteiger partial charge in [-0.3, -0.25) is 4.79 Å². The molecule has 3 heteroatoms. The van der Waals surface area contributed by atoms with Gasteiger partial charge in [-0.1, -0.05) is 27.7 Å². The minimum atomic E-state index is 0.172. The first-order valence-electron chi connectivity index (χ1n) is 7.26. The van der Waals surface area contributed by atoms with Crippen LogP contribution in [-0.2, 0) is 4.79 Å². The topological polar surface area (TPSA) is 40.5 Å². The highest BCUT2D eigenvalue weighted by Gasteiger charge is 2.31. The highest BCUT2D eigenvalue weighted by molar-refractivity contribution is 5.77. The summed E-state index contributed by atoms with van der Waals surface area (Å²) < 4.78 is 0. The van der Waals surface area contributed by atoms with Crippen LogP contribution in [0.15, 0.2) is 0 Å². The van der Waals surface area contributed by atoms with Crippen molar-refractivity contribution in [3.63, 3.8) is 0 Å². The predicted octanol–water partition coefficient (Wildman–Crippen LogP) is 2.82. The third kappa shape index (κ3) is 4.27. The number of aliphatic hydroxyl groups is 1. The summed E-state index contributed by atoms with van der Waals surface area (Å²) in [6, 6.07) is 0.441. The second-order valence-corrected chi connectivity index (χ2v) is 6.72. The van der Waals surface area contributed by atoms with Gasteiger partial charge in [0.05, 0.1) is 0 Å². The molecular formula is C15H29NO2. The molecule has 1 fully saturated rings. The molecule has 0 heterocycles. The minimum Gasteiger partial charge on any atom is -0.396 e. The van der Waals surface area contributed by atoms with Crippen molar-refractivity contribution in [1.29, 1.82) is 0 Å². The molecule has 0 spiro atoms. The number of rotatable bonds is 6. The second-order valence-electron chi connectivity index (χ2n) is 6.72. The molecule has 0 saturated heterocycles. The summed E-state index contributed by atoms with van der Waals surface area (Å²) in [7, 11) is 0. The molecule has 1 unspecified atom stereocenters. The number of nitrogens with zero attached hydrogens (tertiary/aromatic N) is 1. The number of aliphatic hydroxyl groups excluding tert-OH is 1. The molecule has 1 atom stereocenters. The van der Waals surface area contributed by atoms with Crippen molar-refractivity contribution in [1.82, 2.24) is 4.90 Å². The minimum absolute atomic E-state index is 0.172. The lowest BCUT2D eigenvalue weighted by Gasteiger charge is -2.39. The number of hydrogen-bond acceptors (Lipinski definition) is 2. The highest BCUT2D eigenvalue weighted by Crippen LogP contribution is 2.31. The molecule has 3 nitrogen and oxygen atoms in total. The van der Waals surface area contributed by atoms with E-state index in [-0.39, 0.29) is 17.9 Å². The summed E-state index contributed by atoms with van der Waals surface area (Å²) in [5, 5.41) is 8.94. The first-order chi connectivity index (χ1) is 8.36. The van der Waals surface area contributed by atoms with Crippen molar-refractivity contribution in [2.75, 3.05) is 13.2 Å². The van der Waals surface area contributed by atoms with E-state index in [4.69, 9.17) is 5.11 Å². The molecule has 1 amide bonds. The van der Waals surface area contributed by atoms with E-state index < -0.39 is 0 Å². The molecule has 0 radical (unpaired) electrons. The molecular weight excluding hydrogens is 226 g/mol. The Kier molecular flexibility index (Phi) is 5.64. The van der Waals surface area contributed by atoms with E-state index in [1.807, 2.05) is 4.90 Å². The van der Waals surface area contributed by atoms with E-state index in [9.17, 15) is 4.79 Å². The standard InChI is InChI=1S/C15H29NO2/c1-12(15(2,3)4)11-14(18)16(9-6-10-17)13-7-5-8-13/h12-13,17H,5-11H2,1-4H3. The first kappa shape index (κ1) is 15.5. The number of amides is 1. The zero-order chi connectivity index (χ0) is 13.8. The van der Waals surface area contributed by atoms with E-state index in [0.717, 1.165) is 19.4 Å². The molecule has 0 aromatic carbocycles. The maximum Gasteiger partial charge on any atom is 0.223 e. The van der Waals surface area contributed by atoms with Crippen LogP contribution < -0.4 is 0 Å². The lowest BCUT2D eigenvalue weighted by Crippen LogP contribution is -2.45. The maximum atomic E-state index is 12.4. The van der Waals surface area contributed by atoms with Gasteiger partial charge in [0.1, 0.15) is 0 Å². The Bertz CT molecular complexity index is 266. The van der Waals surface area contributed by atoms with E-state index in [0.29, 0.717) is 24.8 Å². The Morgan fingerprint density at radius 3 is 2.39 bits per heavy atom. The fourth-order valence-electron chi connectivity index (χ4n) is 2.14. The summed E-state index contributed by atoms with van der Waals surface area (Å²) in [5.74, 6) is 0.664. The van der Waals surface area contributed by atoms with Crippen LogP contribution in [0.2, 0.25) is 0 Å². The smallest absolute Gasteiger partial charge is 0.223 e. The van der Waals surface area contributed by atoms with E-state index >= 15 is 0 Å². The molecule has 18 heavy (non-hydrogen) atoms. The summed E-state index contributed by atoms with van der Waals surface area (Å²) in [5.41, 5.74) is 0.178. The normalized spacial score (nSPS) is 18.3. The third-order valence-electron chi connectivity index (χ3n) is 4.35. The Hall–Kier alpha value is -0.570. The van der Waals surface area contributed by atoms with E-state index in [1.54, 1.807) is 0 Å².